The lowest BCUT2D eigenvalue weighted by atomic mass is 10.1. The van der Waals surface area contributed by atoms with Gasteiger partial charge in [0.2, 0.25) is 11.8 Å². The van der Waals surface area contributed by atoms with Crippen molar-refractivity contribution in [2.45, 2.75) is 39.8 Å². The molecule has 0 unspecified atom stereocenters. The van der Waals surface area contributed by atoms with Crippen molar-refractivity contribution in [3.05, 3.63) is 64.7 Å². The second-order valence-corrected chi connectivity index (χ2v) is 11.2. The molecule has 3 aromatic heterocycles. The van der Waals surface area contributed by atoms with Crippen molar-refractivity contribution in [2.75, 3.05) is 48.0 Å². The molecule has 218 valence electrons. The van der Waals surface area contributed by atoms with Gasteiger partial charge in [0, 0.05) is 42.6 Å². The summed E-state index contributed by atoms with van der Waals surface area (Å²) in [6.45, 7) is 9.45. The molecule has 12 heteroatoms. The van der Waals surface area contributed by atoms with Gasteiger partial charge >= 0.3 is 6.09 Å². The fraction of sp³-hybridized carbons (Fsp3) is 0.367. The average molecular weight is 572 g/mol. The molecular weight excluding hydrogens is 538 g/mol. The minimum atomic E-state index is -0.636. The van der Waals surface area contributed by atoms with Crippen LogP contribution in [0.3, 0.4) is 0 Å². The van der Waals surface area contributed by atoms with E-state index in [0.717, 1.165) is 11.3 Å². The van der Waals surface area contributed by atoms with Crippen molar-refractivity contribution < 1.29 is 19.0 Å². The van der Waals surface area contributed by atoms with Crippen molar-refractivity contribution in [2.24, 2.45) is 0 Å². The monoisotopic (exact) mass is 571 g/mol. The highest BCUT2D eigenvalue weighted by Crippen LogP contribution is 2.40. The number of amides is 1. The van der Waals surface area contributed by atoms with Crippen LogP contribution in [-0.2, 0) is 16.0 Å². The number of carbonyl (C=O) groups is 1. The van der Waals surface area contributed by atoms with Gasteiger partial charge in [-0.2, -0.15) is 4.98 Å². The highest BCUT2D eigenvalue weighted by Gasteiger charge is 2.33. The summed E-state index contributed by atoms with van der Waals surface area (Å²) in [5.74, 6) is 0.802. The molecular formula is C30H33N7O5. The molecule has 0 saturated carbocycles. The summed E-state index contributed by atoms with van der Waals surface area (Å²) in [6, 6.07) is 11.1. The van der Waals surface area contributed by atoms with E-state index in [1.54, 1.807) is 34.0 Å². The number of hydrogen-bond acceptors (Lipinski definition) is 10. The van der Waals surface area contributed by atoms with Crippen molar-refractivity contribution >= 4 is 45.8 Å². The number of pyridine rings is 2. The highest BCUT2D eigenvalue weighted by atomic mass is 16.6. The van der Waals surface area contributed by atoms with E-state index in [1.807, 2.05) is 56.9 Å². The number of aryl methyl sites for hydroxylation is 1. The standard InChI is InChI=1S/C30H33N7O5/c1-19-6-5-7-22-25(19)36(29(39)42-30(2,3)4)11-10-35(22)23-16-20-18-32-28-33-21-8-9-31-24(17-21)41-15-14-40-13-12-37(27(23)38)26(20)34-28/h5-9,16-18H,10-15H2,1-4H3,(H,32,33,34). The summed E-state index contributed by atoms with van der Waals surface area (Å²) in [4.78, 5) is 44.4. The number of anilines is 5. The average Bonchev–Trinajstić information content (AvgIpc) is 2.94. The Morgan fingerprint density at radius 3 is 2.71 bits per heavy atom. The lowest BCUT2D eigenvalue weighted by Crippen LogP contribution is -2.46. The summed E-state index contributed by atoms with van der Waals surface area (Å²) < 4.78 is 18.8. The fourth-order valence-electron chi connectivity index (χ4n) is 5.16. The molecule has 12 nitrogen and oxygen atoms in total. The number of rotatable bonds is 1. The van der Waals surface area contributed by atoms with Crippen LogP contribution in [0.25, 0.3) is 11.0 Å². The Morgan fingerprint density at radius 2 is 1.88 bits per heavy atom. The second kappa shape index (κ2) is 10.9. The van der Waals surface area contributed by atoms with Crippen LogP contribution in [0, 0.1) is 6.92 Å². The third-order valence-electron chi connectivity index (χ3n) is 6.96. The van der Waals surface area contributed by atoms with Crippen LogP contribution < -0.4 is 25.4 Å². The first-order valence-corrected chi connectivity index (χ1v) is 13.9. The first-order chi connectivity index (χ1) is 20.2. The Morgan fingerprint density at radius 1 is 1.02 bits per heavy atom. The number of para-hydroxylation sites is 1. The minimum absolute atomic E-state index is 0.219. The van der Waals surface area contributed by atoms with Gasteiger partial charge in [0.25, 0.3) is 5.56 Å². The van der Waals surface area contributed by atoms with Crippen molar-refractivity contribution in [3.8, 4) is 5.88 Å². The van der Waals surface area contributed by atoms with Crippen molar-refractivity contribution in [1.82, 2.24) is 19.5 Å². The van der Waals surface area contributed by atoms with Gasteiger partial charge in [0.1, 0.15) is 23.5 Å². The van der Waals surface area contributed by atoms with Crippen LogP contribution in [0.2, 0.25) is 0 Å². The highest BCUT2D eigenvalue weighted by molar-refractivity contribution is 5.97. The number of carbonyl (C=O) groups excluding carboxylic acids is 1. The van der Waals surface area contributed by atoms with Crippen LogP contribution in [0.5, 0.6) is 5.88 Å². The van der Waals surface area contributed by atoms with E-state index in [4.69, 9.17) is 19.2 Å². The van der Waals surface area contributed by atoms with Gasteiger partial charge in [0.05, 0.1) is 31.1 Å². The third kappa shape index (κ3) is 5.45. The molecule has 0 aliphatic carbocycles. The maximum atomic E-state index is 14.2. The number of nitrogens with zero attached hydrogens (tertiary/aromatic N) is 6. The molecule has 2 aliphatic heterocycles. The predicted octanol–water partition coefficient (Wildman–Crippen LogP) is 4.54. The van der Waals surface area contributed by atoms with Gasteiger partial charge in [-0.3, -0.25) is 14.3 Å². The number of ether oxygens (including phenoxy) is 3. The molecule has 42 heavy (non-hydrogen) atoms. The Hall–Kier alpha value is -4.71. The number of aromatic nitrogens is 4. The first kappa shape index (κ1) is 27.5. The Balaban J connectivity index is 1.44. The van der Waals surface area contributed by atoms with Crippen molar-refractivity contribution in [1.29, 1.82) is 0 Å². The van der Waals surface area contributed by atoms with E-state index in [0.29, 0.717) is 66.2 Å². The summed E-state index contributed by atoms with van der Waals surface area (Å²) in [6.07, 6.45) is 2.91. The summed E-state index contributed by atoms with van der Waals surface area (Å²) in [5.41, 5.74) is 3.17. The molecule has 6 rings (SSSR count). The first-order valence-electron chi connectivity index (χ1n) is 13.9. The third-order valence-corrected chi connectivity index (χ3v) is 6.96. The lowest BCUT2D eigenvalue weighted by Gasteiger charge is -2.39. The van der Waals surface area contributed by atoms with Crippen LogP contribution in [0.4, 0.5) is 33.5 Å². The van der Waals surface area contributed by atoms with Crippen LogP contribution in [-0.4, -0.2) is 64.1 Å². The Kier molecular flexibility index (Phi) is 7.15. The zero-order valence-electron chi connectivity index (χ0n) is 24.1. The molecule has 4 aromatic rings. The second-order valence-electron chi connectivity index (χ2n) is 11.2. The molecule has 0 saturated heterocycles. The van der Waals surface area contributed by atoms with E-state index in [9.17, 15) is 9.59 Å². The molecule has 0 spiro atoms. The zero-order chi connectivity index (χ0) is 29.4. The molecule has 5 heterocycles. The van der Waals surface area contributed by atoms with E-state index in [1.165, 1.54) is 0 Å². The van der Waals surface area contributed by atoms with E-state index in [2.05, 4.69) is 15.3 Å². The van der Waals surface area contributed by atoms with E-state index < -0.39 is 11.7 Å². The summed E-state index contributed by atoms with van der Waals surface area (Å²) in [7, 11) is 0. The topological polar surface area (TPSA) is 124 Å². The smallest absolute Gasteiger partial charge is 0.414 e. The van der Waals surface area contributed by atoms with Gasteiger partial charge < -0.3 is 24.4 Å². The largest absolute Gasteiger partial charge is 0.475 e. The Bertz CT molecular complexity index is 1720. The normalized spacial score (nSPS) is 15.4. The maximum absolute atomic E-state index is 14.2. The molecule has 1 amide bonds. The Labute approximate surface area is 242 Å². The van der Waals surface area contributed by atoms with Gasteiger partial charge in [-0.1, -0.05) is 12.1 Å². The van der Waals surface area contributed by atoms with Crippen LogP contribution in [0.15, 0.2) is 53.6 Å². The molecule has 2 aliphatic rings. The van der Waals surface area contributed by atoms with Gasteiger partial charge in [-0.15, -0.1) is 0 Å². The zero-order valence-corrected chi connectivity index (χ0v) is 24.1. The maximum Gasteiger partial charge on any atom is 0.414 e. The van der Waals surface area contributed by atoms with Crippen molar-refractivity contribution in [3.63, 3.8) is 0 Å². The number of hydrogen-bond donors (Lipinski definition) is 1. The molecule has 0 fully saturated rings. The fourth-order valence-corrected chi connectivity index (χ4v) is 5.16. The molecule has 1 N–H and O–H groups in total. The SMILES string of the molecule is Cc1cccc2c1N(C(=O)OC(C)(C)C)CCN2c1cc2cnc3nc2n(c1=O)CCOCCOc1cc(ccn1)N3. The molecule has 4 bridgehead atoms. The molecule has 0 atom stereocenters. The predicted molar refractivity (Wildman–Crippen MR) is 159 cm³/mol. The van der Waals surface area contributed by atoms with E-state index in [-0.39, 0.29) is 18.7 Å². The minimum Gasteiger partial charge on any atom is -0.475 e. The lowest BCUT2D eigenvalue weighted by molar-refractivity contribution is 0.0580. The molecule has 1 aromatic carbocycles. The number of benzene rings is 1. The van der Waals surface area contributed by atoms with Gasteiger partial charge in [-0.05, 0) is 51.5 Å². The molecule has 0 radical (unpaired) electrons. The number of nitrogens with one attached hydrogen (secondary N) is 1. The van der Waals surface area contributed by atoms with E-state index >= 15 is 0 Å². The van der Waals surface area contributed by atoms with Gasteiger partial charge in [-0.25, -0.2) is 14.8 Å². The van der Waals surface area contributed by atoms with Crippen LogP contribution in [0.1, 0.15) is 26.3 Å². The van der Waals surface area contributed by atoms with Gasteiger partial charge in [0.15, 0.2) is 0 Å². The quantitative estimate of drug-likeness (QED) is 0.348. The van der Waals surface area contributed by atoms with Crippen LogP contribution >= 0.6 is 0 Å². The number of fused-ring (bicyclic) bond motifs is 4. The summed E-state index contributed by atoms with van der Waals surface area (Å²) >= 11 is 0. The summed E-state index contributed by atoms with van der Waals surface area (Å²) in [5, 5.41) is 3.88.